The predicted octanol–water partition coefficient (Wildman–Crippen LogP) is 1.89. The first kappa shape index (κ1) is 20.2. The van der Waals surface area contributed by atoms with Crippen LogP contribution < -0.4 is 5.48 Å². The molecule has 10 nitrogen and oxygen atoms in total. The largest absolute Gasteiger partial charge is 0.462 e. The minimum absolute atomic E-state index is 0.0257. The van der Waals surface area contributed by atoms with Gasteiger partial charge in [0, 0.05) is 25.0 Å². The lowest BCUT2D eigenvalue weighted by molar-refractivity contribution is -0.149. The van der Waals surface area contributed by atoms with Gasteiger partial charge in [0.25, 0.3) is 0 Å². The van der Waals surface area contributed by atoms with Gasteiger partial charge in [-0.15, -0.1) is 5.48 Å². The Morgan fingerprint density at radius 3 is 2.90 bits per heavy atom. The van der Waals surface area contributed by atoms with Crippen LogP contribution in [0.5, 0.6) is 0 Å². The highest BCUT2D eigenvalue weighted by Gasteiger charge is 2.19. The number of aryl methyl sites for hydroxylation is 1. The number of aliphatic imine (C=N–C) groups is 1. The molecule has 10 heteroatoms. The van der Waals surface area contributed by atoms with Crippen molar-refractivity contribution < 1.29 is 28.4 Å². The Labute approximate surface area is 166 Å². The van der Waals surface area contributed by atoms with Gasteiger partial charge in [-0.05, 0) is 11.6 Å². The van der Waals surface area contributed by atoms with Crippen LogP contribution in [0.4, 0.5) is 0 Å². The Morgan fingerprint density at radius 2 is 2.14 bits per heavy atom. The molecule has 0 amide bonds. The lowest BCUT2D eigenvalue weighted by Crippen LogP contribution is -2.13. The molecular weight excluding hydrogens is 380 g/mol. The summed E-state index contributed by atoms with van der Waals surface area (Å²) in [7, 11) is 0. The van der Waals surface area contributed by atoms with E-state index in [0.717, 1.165) is 17.2 Å². The van der Waals surface area contributed by atoms with E-state index in [-0.39, 0.29) is 32.2 Å². The average Bonchev–Trinajstić information content (AvgIpc) is 3.39. The van der Waals surface area contributed by atoms with Gasteiger partial charge in [-0.3, -0.25) is 4.79 Å². The van der Waals surface area contributed by atoms with Gasteiger partial charge in [0.2, 0.25) is 17.6 Å². The maximum atomic E-state index is 11.7. The Morgan fingerprint density at radius 1 is 1.31 bits per heavy atom. The van der Waals surface area contributed by atoms with Crippen molar-refractivity contribution in [2.45, 2.75) is 25.9 Å². The fraction of sp³-hybridized carbons (Fsp3) is 0.316. The van der Waals surface area contributed by atoms with Crippen LogP contribution in [0.2, 0.25) is 0 Å². The van der Waals surface area contributed by atoms with E-state index in [1.807, 2.05) is 24.3 Å². The number of rotatable bonds is 9. The fourth-order valence-corrected chi connectivity index (χ4v) is 2.48. The highest BCUT2D eigenvalue weighted by Crippen LogP contribution is 2.24. The zero-order valence-electron chi connectivity index (χ0n) is 15.8. The molecule has 1 N–H and O–H groups in total. The van der Waals surface area contributed by atoms with Gasteiger partial charge in [-0.1, -0.05) is 29.9 Å². The van der Waals surface area contributed by atoms with Crippen LogP contribution in [0.3, 0.4) is 0 Å². The number of nitrogens with zero attached hydrogens (tertiary/aromatic N) is 3. The van der Waals surface area contributed by atoms with E-state index in [4.69, 9.17) is 18.8 Å². The molecule has 3 rings (SSSR count). The second-order valence-electron chi connectivity index (χ2n) is 6.00. The van der Waals surface area contributed by atoms with Crippen molar-refractivity contribution in [3.8, 4) is 11.4 Å². The second kappa shape index (κ2) is 9.60. The van der Waals surface area contributed by atoms with Crippen molar-refractivity contribution in [1.82, 2.24) is 15.6 Å². The smallest absolute Gasteiger partial charge is 0.330 e. The number of hydrogen-bond donors (Lipinski definition) is 1. The number of nitrogens with one attached hydrogen (secondary N) is 1. The van der Waals surface area contributed by atoms with Crippen molar-refractivity contribution in [2.75, 3.05) is 13.2 Å². The second-order valence-corrected chi connectivity index (χ2v) is 6.00. The normalized spacial score (nSPS) is 15.3. The first-order valence-corrected chi connectivity index (χ1v) is 8.89. The summed E-state index contributed by atoms with van der Waals surface area (Å²) in [5, 5.41) is 3.96. The molecule has 29 heavy (non-hydrogen) atoms. The highest BCUT2D eigenvalue weighted by atomic mass is 16.7. The van der Waals surface area contributed by atoms with Crippen molar-refractivity contribution in [3.63, 3.8) is 0 Å². The van der Waals surface area contributed by atoms with Crippen LogP contribution in [0.15, 0.2) is 46.4 Å². The molecule has 152 valence electrons. The van der Waals surface area contributed by atoms with E-state index >= 15 is 0 Å². The summed E-state index contributed by atoms with van der Waals surface area (Å²) in [6.45, 7) is 4.98. The number of aromatic nitrogens is 2. The molecule has 1 aromatic carbocycles. The van der Waals surface area contributed by atoms with Gasteiger partial charge in [-0.25, -0.2) is 9.79 Å². The first-order valence-electron chi connectivity index (χ1n) is 8.89. The van der Waals surface area contributed by atoms with Crippen molar-refractivity contribution >= 4 is 17.8 Å². The van der Waals surface area contributed by atoms with Crippen molar-refractivity contribution in [2.24, 2.45) is 4.99 Å². The van der Waals surface area contributed by atoms with Gasteiger partial charge >= 0.3 is 11.9 Å². The molecule has 0 radical (unpaired) electrons. The first-order chi connectivity index (χ1) is 14.0. The summed E-state index contributed by atoms with van der Waals surface area (Å²) in [5.41, 5.74) is 4.47. The summed E-state index contributed by atoms with van der Waals surface area (Å²) < 4.78 is 14.9. The number of hydroxylamine groups is 1. The summed E-state index contributed by atoms with van der Waals surface area (Å²) in [6.07, 6.45) is 1.05. The molecule has 0 saturated heterocycles. The third-order valence-corrected chi connectivity index (χ3v) is 3.86. The molecule has 0 saturated carbocycles. The van der Waals surface area contributed by atoms with Crippen LogP contribution >= 0.6 is 0 Å². The summed E-state index contributed by atoms with van der Waals surface area (Å²) in [4.78, 5) is 36.4. The summed E-state index contributed by atoms with van der Waals surface area (Å²) in [6, 6.07) is 7.51. The van der Waals surface area contributed by atoms with Crippen LogP contribution in [0.1, 0.15) is 31.0 Å². The van der Waals surface area contributed by atoms with Gasteiger partial charge < -0.3 is 18.8 Å². The molecular formula is C19H20N4O6. The van der Waals surface area contributed by atoms with E-state index in [2.05, 4.69) is 27.2 Å². The molecule has 1 aliphatic rings. The molecule has 1 unspecified atom stereocenters. The SMILES string of the molecule is C=CC(=O)OCCOC(=O)CCc1nc(-c2cccc(C3N=C(C)ON3)c2)no1. The number of ether oxygens (including phenoxy) is 2. The van der Waals surface area contributed by atoms with Crippen LogP contribution in [-0.2, 0) is 30.3 Å². The number of carbonyl (C=O) groups is 2. The molecule has 0 spiro atoms. The maximum Gasteiger partial charge on any atom is 0.330 e. The predicted molar refractivity (Wildman–Crippen MR) is 100 cm³/mol. The van der Waals surface area contributed by atoms with Gasteiger partial charge in [-0.2, -0.15) is 4.98 Å². The Balaban J connectivity index is 1.50. The number of hydrogen-bond acceptors (Lipinski definition) is 10. The van der Waals surface area contributed by atoms with E-state index in [1.54, 1.807) is 6.92 Å². The topological polar surface area (TPSA) is 125 Å². The van der Waals surface area contributed by atoms with Gasteiger partial charge in [0.05, 0.1) is 6.42 Å². The molecule has 0 bridgehead atoms. The lowest BCUT2D eigenvalue weighted by atomic mass is 10.1. The Bertz CT molecular complexity index is 923. The number of esters is 2. The standard InChI is InChI=1S/C19H20N4O6/c1-3-16(24)26-9-10-27-17(25)8-7-15-21-19(23-29-15)14-6-4-5-13(11-14)18-20-12(2)28-22-18/h3-6,11,18,22H,1,7-10H2,2H3. The molecule has 1 aromatic heterocycles. The van der Waals surface area contributed by atoms with Crippen LogP contribution in [-0.4, -0.2) is 41.2 Å². The number of carbonyl (C=O) groups excluding carboxylic acids is 2. The third-order valence-electron chi connectivity index (χ3n) is 3.86. The van der Waals surface area contributed by atoms with E-state index in [1.165, 1.54) is 0 Å². The highest BCUT2D eigenvalue weighted by molar-refractivity contribution is 5.81. The Hall–Kier alpha value is -3.53. The van der Waals surface area contributed by atoms with E-state index in [9.17, 15) is 9.59 Å². The molecule has 0 aliphatic carbocycles. The molecule has 0 fully saturated rings. The summed E-state index contributed by atoms with van der Waals surface area (Å²) >= 11 is 0. The van der Waals surface area contributed by atoms with E-state index in [0.29, 0.717) is 17.6 Å². The average molecular weight is 400 g/mol. The molecule has 1 atom stereocenters. The monoisotopic (exact) mass is 400 g/mol. The quantitative estimate of drug-likeness (QED) is 0.381. The molecule has 1 aliphatic heterocycles. The van der Waals surface area contributed by atoms with Crippen LogP contribution in [0, 0.1) is 0 Å². The van der Waals surface area contributed by atoms with Gasteiger partial charge in [0.15, 0.2) is 6.17 Å². The maximum absolute atomic E-state index is 11.7. The zero-order valence-corrected chi connectivity index (χ0v) is 15.8. The fourth-order valence-electron chi connectivity index (χ4n) is 2.48. The van der Waals surface area contributed by atoms with Crippen molar-refractivity contribution in [3.05, 3.63) is 48.4 Å². The molecule has 2 heterocycles. The van der Waals surface area contributed by atoms with Crippen molar-refractivity contribution in [1.29, 1.82) is 0 Å². The van der Waals surface area contributed by atoms with E-state index < -0.39 is 11.9 Å². The van der Waals surface area contributed by atoms with Crippen LogP contribution in [0.25, 0.3) is 11.4 Å². The lowest BCUT2D eigenvalue weighted by Gasteiger charge is -2.07. The molecule has 2 aromatic rings. The minimum atomic E-state index is -0.568. The Kier molecular flexibility index (Phi) is 6.69. The summed E-state index contributed by atoms with van der Waals surface area (Å²) in [5.74, 6) is 0.263. The van der Waals surface area contributed by atoms with Gasteiger partial charge in [0.1, 0.15) is 13.2 Å². The zero-order chi connectivity index (χ0) is 20.6. The third kappa shape index (κ3) is 5.72. The minimum Gasteiger partial charge on any atom is -0.462 e. The number of benzene rings is 1.